The van der Waals surface area contributed by atoms with Gasteiger partial charge in [0.05, 0.1) is 22.8 Å². The third kappa shape index (κ3) is 11.3. The van der Waals surface area contributed by atoms with Crippen LogP contribution < -0.4 is 11.2 Å². The number of anilines is 1. The topological polar surface area (TPSA) is 58.8 Å². The fourth-order valence-electron chi connectivity index (χ4n) is 6.91. The van der Waals surface area contributed by atoms with Crippen molar-refractivity contribution in [1.29, 1.82) is 0 Å². The van der Waals surface area contributed by atoms with Crippen molar-refractivity contribution >= 4 is 67.9 Å². The highest BCUT2D eigenvalue weighted by Gasteiger charge is 2.17. The number of H-pyrrole nitrogens is 1. The lowest BCUT2D eigenvalue weighted by Gasteiger charge is -2.20. The molecule has 1 unspecified atom stereocenters. The van der Waals surface area contributed by atoms with E-state index in [1.807, 2.05) is 66.7 Å². The molecule has 308 valence electrons. The minimum Gasteiger partial charge on any atom is -0.355 e. The van der Waals surface area contributed by atoms with Crippen LogP contribution in [0, 0.1) is 6.92 Å². The van der Waals surface area contributed by atoms with E-state index >= 15 is 0 Å². The molecular formula is C54H66N4S. The zero-order valence-corrected chi connectivity index (χ0v) is 37.9. The maximum absolute atomic E-state index is 6.95. The second-order valence-electron chi connectivity index (χ2n) is 12.9. The molecule has 0 fully saturated rings. The zero-order valence-electron chi connectivity index (χ0n) is 37.0. The van der Waals surface area contributed by atoms with Gasteiger partial charge in [-0.3, -0.25) is 10.1 Å². The van der Waals surface area contributed by atoms with Crippen molar-refractivity contribution in [2.45, 2.75) is 74.8 Å². The van der Waals surface area contributed by atoms with Crippen LogP contribution >= 0.6 is 12.6 Å². The molecule has 8 aromatic rings. The minimum atomic E-state index is -0.281. The molecule has 0 aliphatic rings. The highest BCUT2D eigenvalue weighted by molar-refractivity contribution is 7.79. The molecule has 2 heterocycles. The third-order valence-corrected chi connectivity index (χ3v) is 9.64. The number of nitrogens with zero attached hydrogens (tertiary/aromatic N) is 1. The van der Waals surface area contributed by atoms with E-state index in [-0.39, 0.29) is 6.04 Å². The van der Waals surface area contributed by atoms with Gasteiger partial charge in [-0.15, -0.1) is 0 Å². The molecular weight excluding hydrogens is 737 g/mol. The summed E-state index contributed by atoms with van der Waals surface area (Å²) < 4.78 is 2.19. The molecule has 6 aromatic carbocycles. The minimum absolute atomic E-state index is 0.281. The Kier molecular flexibility index (Phi) is 20.1. The molecule has 4 nitrogen and oxygen atoms in total. The van der Waals surface area contributed by atoms with Crippen molar-refractivity contribution in [2.24, 2.45) is 5.73 Å². The van der Waals surface area contributed by atoms with Gasteiger partial charge in [0.15, 0.2) is 0 Å². The Balaban J connectivity index is 0.000000547. The van der Waals surface area contributed by atoms with Crippen LogP contribution in [0.15, 0.2) is 158 Å². The number of nitrogens with two attached hydrogens (primary N) is 1. The van der Waals surface area contributed by atoms with E-state index in [1.54, 1.807) is 6.26 Å². The van der Waals surface area contributed by atoms with Crippen LogP contribution in [-0.4, -0.2) is 15.9 Å². The van der Waals surface area contributed by atoms with Crippen molar-refractivity contribution in [3.63, 3.8) is 0 Å². The van der Waals surface area contributed by atoms with Crippen LogP contribution in [0.5, 0.6) is 0 Å². The van der Waals surface area contributed by atoms with Gasteiger partial charge in [-0.1, -0.05) is 170 Å². The van der Waals surface area contributed by atoms with Crippen molar-refractivity contribution in [3.05, 3.63) is 181 Å². The summed E-state index contributed by atoms with van der Waals surface area (Å²) in [5, 5.41) is 6.01. The molecule has 8 rings (SSSR count). The van der Waals surface area contributed by atoms with Gasteiger partial charge in [0, 0.05) is 27.4 Å². The van der Waals surface area contributed by atoms with Gasteiger partial charge in [-0.05, 0) is 108 Å². The molecule has 0 amide bonds. The molecule has 5 heteroatoms. The predicted octanol–water partition coefficient (Wildman–Crippen LogP) is 16.1. The number of allylic oxidation sites excluding steroid dienone is 4. The summed E-state index contributed by atoms with van der Waals surface area (Å²) in [6.07, 6.45) is 12.9. The van der Waals surface area contributed by atoms with E-state index in [0.717, 1.165) is 45.5 Å². The van der Waals surface area contributed by atoms with Gasteiger partial charge >= 0.3 is 0 Å². The summed E-state index contributed by atoms with van der Waals surface area (Å²) in [7, 11) is 0. The van der Waals surface area contributed by atoms with E-state index in [1.165, 1.54) is 43.6 Å². The van der Waals surface area contributed by atoms with Crippen molar-refractivity contribution < 1.29 is 0 Å². The summed E-state index contributed by atoms with van der Waals surface area (Å²) in [6.45, 7) is 22.2. The fraction of sp³-hybridized carbons (Fsp3) is 0.222. The summed E-state index contributed by atoms with van der Waals surface area (Å²) in [5.74, 6) is 0. The Labute approximate surface area is 360 Å². The summed E-state index contributed by atoms with van der Waals surface area (Å²) >= 11 is 3.53. The lowest BCUT2D eigenvalue weighted by molar-refractivity contribution is 0.868. The second-order valence-corrected chi connectivity index (χ2v) is 12.9. The average molecular weight is 803 g/mol. The Morgan fingerprint density at radius 2 is 1.32 bits per heavy atom. The van der Waals surface area contributed by atoms with Gasteiger partial charge in [-0.2, -0.15) is 12.6 Å². The molecule has 0 saturated heterocycles. The Hall–Kier alpha value is -5.75. The van der Waals surface area contributed by atoms with E-state index < -0.39 is 0 Å². The number of rotatable bonds is 8. The van der Waals surface area contributed by atoms with Crippen molar-refractivity contribution in [1.82, 2.24) is 9.66 Å². The van der Waals surface area contributed by atoms with E-state index in [4.69, 9.17) is 5.73 Å². The first-order chi connectivity index (χ1) is 29.0. The molecule has 0 aliphatic carbocycles. The largest absolute Gasteiger partial charge is 0.355 e. The first-order valence-electron chi connectivity index (χ1n) is 21.1. The second kappa shape index (κ2) is 24.9. The third-order valence-electron chi connectivity index (χ3n) is 9.64. The van der Waals surface area contributed by atoms with Crippen molar-refractivity contribution in [3.8, 4) is 11.1 Å². The van der Waals surface area contributed by atoms with Gasteiger partial charge in [0.25, 0.3) is 0 Å². The van der Waals surface area contributed by atoms with Gasteiger partial charge in [0.1, 0.15) is 0 Å². The molecule has 2 aromatic heterocycles. The summed E-state index contributed by atoms with van der Waals surface area (Å²) in [6, 6.07) is 44.9. The molecule has 0 aliphatic heterocycles. The monoisotopic (exact) mass is 803 g/mol. The number of nitrogens with one attached hydrogen (secondary N) is 2. The number of aromatic amines is 1. The number of hydrogen-bond donors (Lipinski definition) is 4. The van der Waals surface area contributed by atoms with Crippen molar-refractivity contribution in [2.75, 3.05) is 11.7 Å². The van der Waals surface area contributed by atoms with Crippen LogP contribution in [0.1, 0.15) is 90.2 Å². The first kappa shape index (κ1) is 47.6. The van der Waals surface area contributed by atoms with Gasteiger partial charge in [0.2, 0.25) is 0 Å². The van der Waals surface area contributed by atoms with Crippen LogP contribution in [0.2, 0.25) is 0 Å². The van der Waals surface area contributed by atoms with Crippen LogP contribution in [0.25, 0.3) is 60.7 Å². The number of thiol groups is 1. The smallest absolute Gasteiger partial charge is 0.0710 e. The maximum Gasteiger partial charge on any atom is 0.0710 e. The summed E-state index contributed by atoms with van der Waals surface area (Å²) in [4.78, 5) is 3.51. The molecule has 0 radical (unpaired) electrons. The predicted molar refractivity (Wildman–Crippen MR) is 270 cm³/mol. The lowest BCUT2D eigenvalue weighted by atomic mass is 9.96. The van der Waals surface area contributed by atoms with E-state index in [9.17, 15) is 0 Å². The highest BCUT2D eigenvalue weighted by Crippen LogP contribution is 2.36. The molecule has 0 spiro atoms. The molecule has 1 atom stereocenters. The Bertz CT molecular complexity index is 2570. The molecule has 4 N–H and O–H groups in total. The molecule has 59 heavy (non-hydrogen) atoms. The number of benzene rings is 6. The number of aromatic nitrogens is 2. The Morgan fingerprint density at radius 1 is 0.695 bits per heavy atom. The van der Waals surface area contributed by atoms with E-state index in [2.05, 4.69) is 188 Å². The fourth-order valence-corrected chi connectivity index (χ4v) is 6.91. The number of fused-ring (bicyclic) bond motifs is 5. The number of para-hydroxylation sites is 2. The summed E-state index contributed by atoms with van der Waals surface area (Å²) in [5.41, 5.74) is 21.8. The standard InChI is InChI=1S/C40H32N4.C7H12.3C2H6.CH4S/c1-3-35-25(2)31-20-18-29(24-37(31)42-35)28-19-21-39-34(23-28)32-12-7-9-15-38(32)44(39)43-36-14-8-6-13-33(36)40(41)30-17-16-26-10-4-5-11-27(26)22-30;1-3-5-7-6-4-2;4*1-2/h3-24,40,42-43H,1,41H2,2H3;3,5-7H,4H2,1-2H3;3*1-2H3;2H,1H3/b;5-3-,7-6-;;;;. The quantitative estimate of drug-likeness (QED) is 0.0914. The zero-order chi connectivity index (χ0) is 43.3. The van der Waals surface area contributed by atoms with Crippen LogP contribution in [0.3, 0.4) is 0 Å². The number of aryl methyl sites for hydroxylation is 1. The van der Waals surface area contributed by atoms with Crippen LogP contribution in [0.4, 0.5) is 5.69 Å². The maximum atomic E-state index is 6.95. The highest BCUT2D eigenvalue weighted by atomic mass is 32.1. The van der Waals surface area contributed by atoms with Crippen LogP contribution in [-0.2, 0) is 0 Å². The number of hydrogen-bond acceptors (Lipinski definition) is 3. The SMILES string of the molecule is C/C=C\C=C/CC.C=Cc1[nH]c2cc(-c3ccc4c(c3)c3ccccc3n4Nc3ccccc3C(N)c3ccc4ccccc4c3)ccc2c1C.CC.CC.CC.CS. The molecule has 0 saturated carbocycles. The molecule has 0 bridgehead atoms. The van der Waals surface area contributed by atoms with Gasteiger partial charge < -0.3 is 10.7 Å². The normalized spacial score (nSPS) is 11.0. The Morgan fingerprint density at radius 3 is 2.03 bits per heavy atom. The lowest BCUT2D eigenvalue weighted by Crippen LogP contribution is -2.17. The average Bonchev–Trinajstić information content (AvgIpc) is 3.81. The van der Waals surface area contributed by atoms with Gasteiger partial charge in [-0.25, -0.2) is 0 Å². The first-order valence-corrected chi connectivity index (χ1v) is 22.0. The van der Waals surface area contributed by atoms with E-state index in [0.29, 0.717) is 0 Å².